The predicted molar refractivity (Wildman–Crippen MR) is 96.2 cm³/mol. The van der Waals surface area contributed by atoms with E-state index in [0.29, 0.717) is 18.4 Å². The van der Waals surface area contributed by atoms with E-state index in [9.17, 15) is 9.59 Å². The Morgan fingerprint density at radius 2 is 1.92 bits per heavy atom. The molecule has 1 saturated heterocycles. The van der Waals surface area contributed by atoms with Crippen molar-refractivity contribution < 1.29 is 9.59 Å². The molecular weight excluding hydrogens is 322 g/mol. The van der Waals surface area contributed by atoms with Crippen molar-refractivity contribution in [3.63, 3.8) is 0 Å². The Bertz CT molecular complexity index is 532. The van der Waals surface area contributed by atoms with Gasteiger partial charge in [-0.1, -0.05) is 18.9 Å². The van der Waals surface area contributed by atoms with Crippen LogP contribution in [0, 0.1) is 5.92 Å². The van der Waals surface area contributed by atoms with Gasteiger partial charge in [0.25, 0.3) is 5.91 Å². The lowest BCUT2D eigenvalue weighted by atomic mass is 10.0. The van der Waals surface area contributed by atoms with Crippen molar-refractivity contribution in [2.24, 2.45) is 5.92 Å². The molecule has 3 rings (SSSR count). The van der Waals surface area contributed by atoms with Crippen LogP contribution in [0.5, 0.6) is 0 Å². The van der Waals surface area contributed by atoms with E-state index in [0.717, 1.165) is 44.0 Å². The third-order valence-electron chi connectivity index (χ3n) is 5.12. The van der Waals surface area contributed by atoms with Crippen LogP contribution >= 0.6 is 11.3 Å². The summed E-state index contributed by atoms with van der Waals surface area (Å²) in [5.41, 5.74) is 0. The van der Waals surface area contributed by atoms with E-state index in [1.165, 1.54) is 37.0 Å². The number of rotatable bonds is 6. The van der Waals surface area contributed by atoms with Crippen molar-refractivity contribution in [2.45, 2.75) is 32.1 Å². The second-order valence-electron chi connectivity index (χ2n) is 6.81. The standard InChI is InChI=1S/C18H27N3O2S/c22-17(14-15-4-1-2-5-15)21-11-9-20(10-12-21)8-7-19-18(23)16-6-3-13-24-16/h3,6,13,15H,1-2,4-5,7-12,14H2,(H,19,23). The van der Waals surface area contributed by atoms with Crippen molar-refractivity contribution in [1.82, 2.24) is 15.1 Å². The number of carbonyl (C=O) groups is 2. The fourth-order valence-corrected chi connectivity index (χ4v) is 4.27. The normalized spacial score (nSPS) is 19.6. The number of nitrogens with one attached hydrogen (secondary N) is 1. The molecule has 1 saturated carbocycles. The van der Waals surface area contributed by atoms with Gasteiger partial charge in [-0.25, -0.2) is 0 Å². The van der Waals surface area contributed by atoms with Crippen molar-refractivity contribution in [1.29, 1.82) is 0 Å². The molecule has 2 heterocycles. The Balaban J connectivity index is 1.31. The number of amides is 2. The maximum Gasteiger partial charge on any atom is 0.261 e. The van der Waals surface area contributed by atoms with Gasteiger partial charge in [0.15, 0.2) is 0 Å². The molecule has 1 aromatic heterocycles. The number of hydrogen-bond donors (Lipinski definition) is 1. The molecule has 1 aromatic rings. The second kappa shape index (κ2) is 8.62. The van der Waals surface area contributed by atoms with E-state index in [1.807, 2.05) is 22.4 Å². The molecule has 6 heteroatoms. The largest absolute Gasteiger partial charge is 0.350 e. The van der Waals surface area contributed by atoms with E-state index < -0.39 is 0 Å². The predicted octanol–water partition coefficient (Wildman–Crippen LogP) is 2.20. The van der Waals surface area contributed by atoms with Gasteiger partial charge in [-0.15, -0.1) is 11.3 Å². The molecule has 1 aliphatic carbocycles. The van der Waals surface area contributed by atoms with E-state index in [2.05, 4.69) is 10.2 Å². The van der Waals surface area contributed by atoms with E-state index in [4.69, 9.17) is 0 Å². The van der Waals surface area contributed by atoms with Crippen molar-refractivity contribution in [3.05, 3.63) is 22.4 Å². The molecule has 1 N–H and O–H groups in total. The first-order valence-corrected chi connectivity index (χ1v) is 9.92. The molecule has 2 amide bonds. The van der Waals surface area contributed by atoms with E-state index in [1.54, 1.807) is 0 Å². The molecule has 0 bridgehead atoms. The van der Waals surface area contributed by atoms with Crippen LogP contribution in [0.25, 0.3) is 0 Å². The van der Waals surface area contributed by atoms with Crippen LogP contribution in [-0.4, -0.2) is 60.9 Å². The van der Waals surface area contributed by atoms with Crippen LogP contribution in [0.15, 0.2) is 17.5 Å². The van der Waals surface area contributed by atoms with Gasteiger partial charge in [0.1, 0.15) is 0 Å². The van der Waals surface area contributed by atoms with E-state index in [-0.39, 0.29) is 5.91 Å². The zero-order valence-electron chi connectivity index (χ0n) is 14.2. The van der Waals surface area contributed by atoms with Crippen molar-refractivity contribution >= 4 is 23.2 Å². The highest BCUT2D eigenvalue weighted by atomic mass is 32.1. The molecule has 24 heavy (non-hydrogen) atoms. The number of thiophene rings is 1. The fraction of sp³-hybridized carbons (Fsp3) is 0.667. The average Bonchev–Trinajstić information content (AvgIpc) is 3.29. The van der Waals surface area contributed by atoms with Gasteiger partial charge in [0, 0.05) is 45.7 Å². The zero-order valence-corrected chi connectivity index (χ0v) is 15.0. The molecule has 2 fully saturated rings. The summed E-state index contributed by atoms with van der Waals surface area (Å²) in [6.45, 7) is 4.97. The molecule has 0 atom stereocenters. The molecule has 1 aliphatic heterocycles. The van der Waals surface area contributed by atoms with Crippen LogP contribution in [0.4, 0.5) is 0 Å². The van der Waals surface area contributed by atoms with Gasteiger partial charge in [0.2, 0.25) is 5.91 Å². The Morgan fingerprint density at radius 3 is 2.58 bits per heavy atom. The SMILES string of the molecule is O=C(NCCN1CCN(C(=O)CC2CCCC2)CC1)c1cccs1. The number of nitrogens with zero attached hydrogens (tertiary/aromatic N) is 2. The first-order chi connectivity index (χ1) is 11.7. The van der Waals surface area contributed by atoms with Gasteiger partial charge in [-0.3, -0.25) is 14.5 Å². The van der Waals surface area contributed by atoms with Crippen LogP contribution < -0.4 is 5.32 Å². The summed E-state index contributed by atoms with van der Waals surface area (Å²) in [6, 6.07) is 3.73. The van der Waals surface area contributed by atoms with Crippen LogP contribution in [0.3, 0.4) is 0 Å². The summed E-state index contributed by atoms with van der Waals surface area (Å²) < 4.78 is 0. The third-order valence-corrected chi connectivity index (χ3v) is 5.99. The van der Waals surface area contributed by atoms with Gasteiger partial charge in [-0.05, 0) is 30.2 Å². The summed E-state index contributed by atoms with van der Waals surface area (Å²) in [4.78, 5) is 29.3. The second-order valence-corrected chi connectivity index (χ2v) is 7.76. The van der Waals surface area contributed by atoms with Crippen LogP contribution in [0.1, 0.15) is 41.8 Å². The molecule has 132 valence electrons. The first kappa shape index (κ1) is 17.4. The van der Waals surface area contributed by atoms with Crippen LogP contribution in [0.2, 0.25) is 0 Å². The lowest BCUT2D eigenvalue weighted by Crippen LogP contribution is -2.50. The molecule has 0 aromatic carbocycles. The lowest BCUT2D eigenvalue weighted by Gasteiger charge is -2.35. The molecule has 0 unspecified atom stereocenters. The number of hydrogen-bond acceptors (Lipinski definition) is 4. The van der Waals surface area contributed by atoms with Gasteiger partial charge < -0.3 is 10.2 Å². The Hall–Kier alpha value is -1.40. The molecule has 5 nitrogen and oxygen atoms in total. The minimum atomic E-state index is 0.00961. The smallest absolute Gasteiger partial charge is 0.261 e. The monoisotopic (exact) mass is 349 g/mol. The fourth-order valence-electron chi connectivity index (χ4n) is 3.63. The summed E-state index contributed by atoms with van der Waals surface area (Å²) in [5.74, 6) is 0.978. The highest BCUT2D eigenvalue weighted by molar-refractivity contribution is 7.12. The first-order valence-electron chi connectivity index (χ1n) is 9.04. The molecule has 0 radical (unpaired) electrons. The minimum absolute atomic E-state index is 0.00961. The minimum Gasteiger partial charge on any atom is -0.350 e. The van der Waals surface area contributed by atoms with Gasteiger partial charge in [0.05, 0.1) is 4.88 Å². The molecular formula is C18H27N3O2S. The van der Waals surface area contributed by atoms with Crippen molar-refractivity contribution in [3.8, 4) is 0 Å². The summed E-state index contributed by atoms with van der Waals surface area (Å²) in [7, 11) is 0. The summed E-state index contributed by atoms with van der Waals surface area (Å²) in [5, 5.41) is 4.88. The van der Waals surface area contributed by atoms with E-state index >= 15 is 0 Å². The maximum atomic E-state index is 12.3. The third kappa shape index (κ3) is 4.80. The van der Waals surface area contributed by atoms with Gasteiger partial charge in [-0.2, -0.15) is 0 Å². The topological polar surface area (TPSA) is 52.7 Å². The highest BCUT2D eigenvalue weighted by Crippen LogP contribution is 2.28. The highest BCUT2D eigenvalue weighted by Gasteiger charge is 2.24. The maximum absolute atomic E-state index is 12.3. The molecule has 0 spiro atoms. The quantitative estimate of drug-likeness (QED) is 0.857. The number of carbonyl (C=O) groups excluding carboxylic acids is 2. The Labute approximate surface area is 148 Å². The van der Waals surface area contributed by atoms with Crippen LogP contribution in [-0.2, 0) is 4.79 Å². The molecule has 2 aliphatic rings. The number of piperazine rings is 1. The Morgan fingerprint density at radius 1 is 1.17 bits per heavy atom. The lowest BCUT2D eigenvalue weighted by molar-refractivity contribution is -0.133. The van der Waals surface area contributed by atoms with Gasteiger partial charge >= 0.3 is 0 Å². The Kier molecular flexibility index (Phi) is 6.26. The average molecular weight is 350 g/mol. The zero-order chi connectivity index (χ0) is 16.8. The van der Waals surface area contributed by atoms with Crippen molar-refractivity contribution in [2.75, 3.05) is 39.3 Å². The summed E-state index contributed by atoms with van der Waals surface area (Å²) in [6.07, 6.45) is 5.80. The summed E-state index contributed by atoms with van der Waals surface area (Å²) >= 11 is 1.46.